The molecule has 1 aromatic heterocycles. The zero-order chi connectivity index (χ0) is 14.4. The summed E-state index contributed by atoms with van der Waals surface area (Å²) in [6.45, 7) is 0. The van der Waals surface area contributed by atoms with E-state index in [0.717, 1.165) is 0 Å². The standard InChI is InChI=1S/C14H14ClN3O2/c1-19-13-7-10(18-14(16)8-15)4-5-12(13)20-11-3-2-6-17-9-11/h2-7,9H,8H2,1H3,(H2,16,18). The predicted molar refractivity (Wildman–Crippen MR) is 79.3 cm³/mol. The summed E-state index contributed by atoms with van der Waals surface area (Å²) in [4.78, 5) is 8.13. The Morgan fingerprint density at radius 3 is 2.85 bits per heavy atom. The van der Waals surface area contributed by atoms with Crippen LogP contribution in [0.3, 0.4) is 0 Å². The zero-order valence-corrected chi connectivity index (χ0v) is 11.7. The number of nitrogens with zero attached hydrogens (tertiary/aromatic N) is 2. The van der Waals surface area contributed by atoms with Gasteiger partial charge < -0.3 is 15.2 Å². The molecular formula is C14H14ClN3O2. The highest BCUT2D eigenvalue weighted by atomic mass is 35.5. The van der Waals surface area contributed by atoms with Gasteiger partial charge in [0.2, 0.25) is 0 Å². The van der Waals surface area contributed by atoms with Crippen LogP contribution in [0.2, 0.25) is 0 Å². The summed E-state index contributed by atoms with van der Waals surface area (Å²) in [5, 5.41) is 0. The van der Waals surface area contributed by atoms with Gasteiger partial charge in [0.1, 0.15) is 11.6 Å². The largest absolute Gasteiger partial charge is 0.493 e. The molecule has 20 heavy (non-hydrogen) atoms. The summed E-state index contributed by atoms with van der Waals surface area (Å²) in [6.07, 6.45) is 3.30. The summed E-state index contributed by atoms with van der Waals surface area (Å²) < 4.78 is 11.0. The summed E-state index contributed by atoms with van der Waals surface area (Å²) in [6, 6.07) is 8.86. The average molecular weight is 292 g/mol. The van der Waals surface area contributed by atoms with Crippen molar-refractivity contribution in [3.05, 3.63) is 42.7 Å². The van der Waals surface area contributed by atoms with Gasteiger partial charge in [-0.25, -0.2) is 4.99 Å². The van der Waals surface area contributed by atoms with Gasteiger partial charge in [-0.05, 0) is 24.3 Å². The van der Waals surface area contributed by atoms with Crippen LogP contribution in [0.1, 0.15) is 0 Å². The Bertz CT molecular complexity index is 603. The number of amidine groups is 1. The van der Waals surface area contributed by atoms with E-state index in [9.17, 15) is 0 Å². The van der Waals surface area contributed by atoms with Crippen LogP contribution in [-0.2, 0) is 0 Å². The molecule has 0 amide bonds. The predicted octanol–water partition coefficient (Wildman–Crippen LogP) is 3.11. The maximum Gasteiger partial charge on any atom is 0.169 e. The first-order chi connectivity index (χ1) is 9.72. The molecule has 1 aromatic carbocycles. The van der Waals surface area contributed by atoms with Gasteiger partial charge in [0.25, 0.3) is 0 Å². The molecule has 0 fully saturated rings. The van der Waals surface area contributed by atoms with Crippen molar-refractivity contribution < 1.29 is 9.47 Å². The average Bonchev–Trinajstić information content (AvgIpc) is 2.49. The minimum absolute atomic E-state index is 0.177. The number of ether oxygens (including phenoxy) is 2. The molecule has 0 spiro atoms. The Labute approximate surface area is 122 Å². The second-order valence-electron chi connectivity index (χ2n) is 3.86. The van der Waals surface area contributed by atoms with Gasteiger partial charge in [0.15, 0.2) is 11.5 Å². The smallest absolute Gasteiger partial charge is 0.169 e. The molecule has 0 saturated carbocycles. The number of hydrogen-bond acceptors (Lipinski definition) is 4. The summed E-state index contributed by atoms with van der Waals surface area (Å²) in [5.41, 5.74) is 6.25. The minimum Gasteiger partial charge on any atom is -0.493 e. The molecule has 104 valence electrons. The van der Waals surface area contributed by atoms with Crippen molar-refractivity contribution >= 4 is 23.1 Å². The van der Waals surface area contributed by atoms with Crippen LogP contribution in [-0.4, -0.2) is 23.8 Å². The number of rotatable bonds is 5. The molecule has 0 aliphatic rings. The van der Waals surface area contributed by atoms with Crippen LogP contribution in [0.25, 0.3) is 0 Å². The number of nitrogens with two attached hydrogens (primary N) is 1. The quantitative estimate of drug-likeness (QED) is 0.522. The third-order valence-electron chi connectivity index (χ3n) is 2.42. The van der Waals surface area contributed by atoms with Gasteiger partial charge in [-0.2, -0.15) is 0 Å². The molecule has 0 saturated heterocycles. The highest BCUT2D eigenvalue weighted by Gasteiger charge is 2.07. The van der Waals surface area contributed by atoms with Gasteiger partial charge in [-0.3, -0.25) is 4.98 Å². The van der Waals surface area contributed by atoms with E-state index in [1.807, 2.05) is 6.07 Å². The van der Waals surface area contributed by atoms with Gasteiger partial charge in [-0.15, -0.1) is 11.6 Å². The molecule has 2 aromatic rings. The molecule has 0 atom stereocenters. The van der Waals surface area contributed by atoms with E-state index in [1.165, 1.54) is 0 Å². The first kappa shape index (κ1) is 14.1. The van der Waals surface area contributed by atoms with Crippen molar-refractivity contribution in [2.45, 2.75) is 0 Å². The van der Waals surface area contributed by atoms with E-state index < -0.39 is 0 Å². The molecule has 5 nitrogen and oxygen atoms in total. The van der Waals surface area contributed by atoms with Crippen molar-refractivity contribution in [3.63, 3.8) is 0 Å². The van der Waals surface area contributed by atoms with Crippen molar-refractivity contribution in [2.75, 3.05) is 13.0 Å². The maximum atomic E-state index is 5.69. The van der Waals surface area contributed by atoms with E-state index in [2.05, 4.69) is 9.98 Å². The number of alkyl halides is 1. The number of aliphatic imine (C=N–C) groups is 1. The Morgan fingerprint density at radius 1 is 1.35 bits per heavy atom. The molecule has 2 rings (SSSR count). The van der Waals surface area contributed by atoms with Crippen molar-refractivity contribution in [1.29, 1.82) is 0 Å². The fourth-order valence-corrected chi connectivity index (χ4v) is 1.60. The van der Waals surface area contributed by atoms with E-state index in [1.54, 1.807) is 43.8 Å². The normalized spacial score (nSPS) is 11.2. The number of methoxy groups -OCH3 is 1. The maximum absolute atomic E-state index is 5.69. The summed E-state index contributed by atoms with van der Waals surface area (Å²) in [5.74, 6) is 2.27. The number of halogens is 1. The molecule has 1 heterocycles. The highest BCUT2D eigenvalue weighted by molar-refractivity contribution is 6.28. The summed E-state index contributed by atoms with van der Waals surface area (Å²) >= 11 is 5.60. The number of hydrogen-bond donors (Lipinski definition) is 1. The topological polar surface area (TPSA) is 69.7 Å². The van der Waals surface area contributed by atoms with Gasteiger partial charge in [0, 0.05) is 12.3 Å². The monoisotopic (exact) mass is 291 g/mol. The number of benzene rings is 1. The molecule has 0 aliphatic heterocycles. The molecule has 0 bridgehead atoms. The van der Waals surface area contributed by atoms with Crippen molar-refractivity contribution in [3.8, 4) is 17.2 Å². The third-order valence-corrected chi connectivity index (χ3v) is 2.69. The Balaban J connectivity index is 2.26. The number of pyridine rings is 1. The first-order valence-corrected chi connectivity index (χ1v) is 6.41. The van der Waals surface area contributed by atoms with Crippen LogP contribution in [0, 0.1) is 0 Å². The summed E-state index contributed by atoms with van der Waals surface area (Å²) in [7, 11) is 1.56. The minimum atomic E-state index is 0.177. The lowest BCUT2D eigenvalue weighted by Crippen LogP contribution is -2.12. The van der Waals surface area contributed by atoms with Crippen LogP contribution < -0.4 is 15.2 Å². The van der Waals surface area contributed by atoms with Gasteiger partial charge in [-0.1, -0.05) is 0 Å². The molecule has 2 N–H and O–H groups in total. The molecular weight excluding hydrogens is 278 g/mol. The first-order valence-electron chi connectivity index (χ1n) is 5.88. The molecule has 0 radical (unpaired) electrons. The van der Waals surface area contributed by atoms with E-state index in [0.29, 0.717) is 28.8 Å². The second kappa shape index (κ2) is 6.77. The Morgan fingerprint density at radius 2 is 2.20 bits per heavy atom. The van der Waals surface area contributed by atoms with Crippen LogP contribution in [0.5, 0.6) is 17.2 Å². The van der Waals surface area contributed by atoms with E-state index >= 15 is 0 Å². The van der Waals surface area contributed by atoms with Crippen molar-refractivity contribution in [2.24, 2.45) is 10.7 Å². The Hall–Kier alpha value is -2.27. The second-order valence-corrected chi connectivity index (χ2v) is 4.13. The van der Waals surface area contributed by atoms with E-state index in [4.69, 9.17) is 26.8 Å². The lowest BCUT2D eigenvalue weighted by molar-refractivity contribution is 0.378. The van der Waals surface area contributed by atoms with Crippen molar-refractivity contribution in [1.82, 2.24) is 4.98 Å². The van der Waals surface area contributed by atoms with Crippen LogP contribution in [0.4, 0.5) is 5.69 Å². The number of aromatic nitrogens is 1. The van der Waals surface area contributed by atoms with Crippen LogP contribution in [0.15, 0.2) is 47.7 Å². The lowest BCUT2D eigenvalue weighted by Gasteiger charge is -2.10. The fourth-order valence-electron chi connectivity index (χ4n) is 1.54. The van der Waals surface area contributed by atoms with E-state index in [-0.39, 0.29) is 5.88 Å². The SMILES string of the molecule is COc1cc(N=C(N)CCl)ccc1Oc1cccnc1. The highest BCUT2D eigenvalue weighted by Crippen LogP contribution is 2.34. The van der Waals surface area contributed by atoms with Crippen LogP contribution >= 0.6 is 11.6 Å². The molecule has 0 aliphatic carbocycles. The zero-order valence-electron chi connectivity index (χ0n) is 10.9. The molecule has 0 unspecified atom stereocenters. The molecule has 6 heteroatoms. The van der Waals surface area contributed by atoms with Gasteiger partial charge >= 0.3 is 0 Å². The van der Waals surface area contributed by atoms with Gasteiger partial charge in [0.05, 0.1) is 24.9 Å². The lowest BCUT2D eigenvalue weighted by atomic mass is 10.3. The third kappa shape index (κ3) is 3.61. The fraction of sp³-hybridized carbons (Fsp3) is 0.143. The Kier molecular flexibility index (Phi) is 4.79.